The van der Waals surface area contributed by atoms with Crippen molar-refractivity contribution in [3.63, 3.8) is 0 Å². The molecule has 1 aliphatic carbocycles. The van der Waals surface area contributed by atoms with E-state index < -0.39 is 0 Å². The molecular weight excluding hydrogens is 324 g/mol. The van der Waals surface area contributed by atoms with Crippen molar-refractivity contribution >= 4 is 16.9 Å². The van der Waals surface area contributed by atoms with E-state index in [-0.39, 0.29) is 11.9 Å². The minimum atomic E-state index is 0.00935. The van der Waals surface area contributed by atoms with E-state index in [1.54, 1.807) is 0 Å². The van der Waals surface area contributed by atoms with Gasteiger partial charge in [-0.15, -0.1) is 0 Å². The number of nitrogens with zero attached hydrogens (tertiary/aromatic N) is 1. The highest BCUT2D eigenvalue weighted by molar-refractivity contribution is 5.88. The van der Waals surface area contributed by atoms with Crippen molar-refractivity contribution in [3.8, 4) is 0 Å². The predicted molar refractivity (Wildman–Crippen MR) is 104 cm³/mol. The van der Waals surface area contributed by atoms with E-state index in [2.05, 4.69) is 50.3 Å². The first-order valence-electron chi connectivity index (χ1n) is 10.2. The van der Waals surface area contributed by atoms with Crippen molar-refractivity contribution in [2.75, 3.05) is 26.7 Å². The molecule has 1 fully saturated rings. The zero-order valence-electron chi connectivity index (χ0n) is 16.3. The summed E-state index contributed by atoms with van der Waals surface area (Å²) >= 11 is 0. The van der Waals surface area contributed by atoms with Crippen molar-refractivity contribution in [1.29, 1.82) is 0 Å². The Morgan fingerprint density at radius 1 is 1.31 bits per heavy atom. The normalized spacial score (nSPS) is 30.2. The number of quaternary nitrogens is 1. The van der Waals surface area contributed by atoms with Crippen LogP contribution < -0.4 is 0 Å². The molecule has 26 heavy (non-hydrogen) atoms. The molecule has 4 nitrogen and oxygen atoms in total. The van der Waals surface area contributed by atoms with E-state index in [4.69, 9.17) is 4.74 Å². The second kappa shape index (κ2) is 6.73. The number of likely N-dealkylation sites (N-methyl/N-ethyl adjacent to an activating group) is 1. The van der Waals surface area contributed by atoms with Crippen LogP contribution in [0.5, 0.6) is 0 Å². The Morgan fingerprint density at radius 2 is 2.15 bits per heavy atom. The Kier molecular flexibility index (Phi) is 4.55. The molecule has 0 saturated carbocycles. The molecule has 1 aromatic carbocycles. The number of piperidine rings is 1. The number of carbonyl (C=O) groups is 1. The monoisotopic (exact) mass is 355 g/mol. The maximum absolute atomic E-state index is 12.7. The average molecular weight is 356 g/mol. The summed E-state index contributed by atoms with van der Waals surface area (Å²) in [6.45, 7) is 6.87. The molecule has 1 aliphatic heterocycles. The van der Waals surface area contributed by atoms with Crippen LogP contribution in [-0.2, 0) is 16.0 Å². The fourth-order valence-corrected chi connectivity index (χ4v) is 5.55. The van der Waals surface area contributed by atoms with Crippen LogP contribution in [0.15, 0.2) is 24.4 Å². The molecule has 4 atom stereocenters. The molecule has 2 aromatic rings. The van der Waals surface area contributed by atoms with Gasteiger partial charge in [-0.25, -0.2) is 0 Å². The second-order valence-electron chi connectivity index (χ2n) is 8.45. The quantitative estimate of drug-likeness (QED) is 0.650. The molecular formula is C22H31N2O2+. The summed E-state index contributed by atoms with van der Waals surface area (Å²) in [5.41, 5.74) is 4.11. The number of rotatable bonds is 5. The maximum atomic E-state index is 12.7. The Hall–Kier alpha value is -1.81. The van der Waals surface area contributed by atoms with Gasteiger partial charge in [-0.2, -0.15) is 0 Å². The molecule has 2 aliphatic rings. The lowest BCUT2D eigenvalue weighted by atomic mass is 9.71. The lowest BCUT2D eigenvalue weighted by molar-refractivity contribution is -0.942. The highest BCUT2D eigenvalue weighted by Gasteiger charge is 2.50. The van der Waals surface area contributed by atoms with E-state index in [0.717, 1.165) is 43.3 Å². The fourth-order valence-electron chi connectivity index (χ4n) is 5.55. The molecule has 1 aromatic heterocycles. The van der Waals surface area contributed by atoms with Crippen LogP contribution >= 0.6 is 0 Å². The summed E-state index contributed by atoms with van der Waals surface area (Å²) in [4.78, 5) is 16.2. The highest BCUT2D eigenvalue weighted by Crippen LogP contribution is 2.47. The van der Waals surface area contributed by atoms with Gasteiger partial charge in [0, 0.05) is 29.4 Å². The maximum Gasteiger partial charge on any atom is 0.314 e. The van der Waals surface area contributed by atoms with Crippen molar-refractivity contribution in [1.82, 2.24) is 4.98 Å². The van der Waals surface area contributed by atoms with Crippen LogP contribution in [0.25, 0.3) is 10.9 Å². The lowest BCUT2D eigenvalue weighted by Crippen LogP contribution is -2.63. The minimum absolute atomic E-state index is 0.00935. The van der Waals surface area contributed by atoms with Crippen LogP contribution in [0, 0.1) is 5.92 Å². The largest absolute Gasteiger partial charge is 0.465 e. The van der Waals surface area contributed by atoms with Crippen molar-refractivity contribution in [2.24, 2.45) is 5.92 Å². The van der Waals surface area contributed by atoms with E-state index >= 15 is 0 Å². The van der Waals surface area contributed by atoms with Crippen molar-refractivity contribution in [3.05, 3.63) is 35.5 Å². The van der Waals surface area contributed by atoms with Gasteiger partial charge in [0.2, 0.25) is 0 Å². The van der Waals surface area contributed by atoms with Crippen LogP contribution in [-0.4, -0.2) is 48.2 Å². The first-order valence-corrected chi connectivity index (χ1v) is 10.2. The lowest BCUT2D eigenvalue weighted by Gasteiger charge is -2.52. The molecule has 2 unspecified atom stereocenters. The first kappa shape index (κ1) is 17.6. The second-order valence-corrected chi connectivity index (χ2v) is 8.45. The van der Waals surface area contributed by atoms with Crippen molar-refractivity contribution < 1.29 is 14.0 Å². The number of aromatic nitrogens is 1. The van der Waals surface area contributed by atoms with Gasteiger partial charge in [-0.1, -0.05) is 26.0 Å². The van der Waals surface area contributed by atoms with Gasteiger partial charge in [-0.05, 0) is 36.5 Å². The predicted octanol–water partition coefficient (Wildman–Crippen LogP) is 4.01. The number of fused-ring (bicyclic) bond motifs is 2. The summed E-state index contributed by atoms with van der Waals surface area (Å²) in [5, 5.41) is 1.40. The summed E-state index contributed by atoms with van der Waals surface area (Å²) in [6, 6.07) is 7.16. The van der Waals surface area contributed by atoms with Crippen LogP contribution in [0.2, 0.25) is 0 Å². The van der Waals surface area contributed by atoms with Gasteiger partial charge in [0.1, 0.15) is 5.92 Å². The molecule has 0 bridgehead atoms. The number of hydrogen-bond acceptors (Lipinski definition) is 2. The third kappa shape index (κ3) is 2.75. The molecule has 1 saturated heterocycles. The molecule has 0 spiro atoms. The number of likely N-dealkylation sites (tertiary alicyclic amines) is 1. The fraction of sp³-hybridized carbons (Fsp3) is 0.591. The van der Waals surface area contributed by atoms with E-state index in [0.29, 0.717) is 18.6 Å². The van der Waals surface area contributed by atoms with Crippen LogP contribution in [0.4, 0.5) is 0 Å². The highest BCUT2D eigenvalue weighted by atomic mass is 16.5. The molecule has 1 N–H and O–H groups in total. The van der Waals surface area contributed by atoms with Gasteiger partial charge < -0.3 is 14.2 Å². The van der Waals surface area contributed by atoms with Gasteiger partial charge in [0.05, 0.1) is 32.8 Å². The van der Waals surface area contributed by atoms with Gasteiger partial charge in [-0.3, -0.25) is 4.79 Å². The van der Waals surface area contributed by atoms with Gasteiger partial charge in [0.25, 0.3) is 0 Å². The van der Waals surface area contributed by atoms with Crippen molar-refractivity contribution in [2.45, 2.75) is 51.5 Å². The number of esters is 1. The minimum Gasteiger partial charge on any atom is -0.465 e. The number of carbonyl (C=O) groups excluding carboxylic acids is 1. The third-order valence-electron chi connectivity index (χ3n) is 6.61. The van der Waals surface area contributed by atoms with E-state index in [1.165, 1.54) is 22.0 Å². The summed E-state index contributed by atoms with van der Waals surface area (Å²) < 4.78 is 6.53. The summed E-state index contributed by atoms with van der Waals surface area (Å²) in [5.74, 6) is 0.458. The molecule has 0 amide bonds. The topological polar surface area (TPSA) is 42.1 Å². The zero-order valence-corrected chi connectivity index (χ0v) is 16.3. The number of benzene rings is 1. The Labute approximate surface area is 156 Å². The molecule has 2 heterocycles. The Bertz CT molecular complexity index is 812. The Morgan fingerprint density at radius 3 is 2.92 bits per heavy atom. The molecule has 0 radical (unpaired) electrons. The number of H-pyrrole nitrogens is 1. The zero-order chi connectivity index (χ0) is 18.3. The first-order chi connectivity index (χ1) is 12.6. The SMILES string of the molecule is CCCOC(=O)[C@@H]1CC2c3cccc4[nH]cc(c34)C[C@H]2[N+](C)(CCC)C1. The molecule has 140 valence electrons. The van der Waals surface area contributed by atoms with E-state index in [1.807, 2.05) is 0 Å². The van der Waals surface area contributed by atoms with Gasteiger partial charge >= 0.3 is 5.97 Å². The smallest absolute Gasteiger partial charge is 0.314 e. The van der Waals surface area contributed by atoms with Crippen LogP contribution in [0.3, 0.4) is 0 Å². The van der Waals surface area contributed by atoms with Crippen LogP contribution in [0.1, 0.15) is 50.2 Å². The standard InChI is InChI=1S/C22H31N2O2/c1-4-9-24(3)14-16(22(25)26-10-5-2)11-18-17-7-6-8-19-21(17)15(13-23-19)12-20(18)24/h6-8,13,16,18,20,23H,4-5,9-12,14H2,1-3H3/q+1/t16-,18?,20-,24?/m1/s1. The molecule has 4 rings (SSSR count). The number of nitrogens with one attached hydrogen (secondary N) is 1. The number of aromatic amines is 1. The van der Waals surface area contributed by atoms with Gasteiger partial charge in [0.15, 0.2) is 0 Å². The van der Waals surface area contributed by atoms with E-state index in [9.17, 15) is 4.79 Å². The summed E-state index contributed by atoms with van der Waals surface area (Å²) in [7, 11) is 2.36. The summed E-state index contributed by atoms with van der Waals surface area (Å²) in [6.07, 6.45) is 6.25. The number of hydrogen-bond donors (Lipinski definition) is 1. The molecule has 4 heteroatoms. The Balaban J connectivity index is 1.73. The third-order valence-corrected chi connectivity index (χ3v) is 6.61. The average Bonchev–Trinajstić information content (AvgIpc) is 3.05. The number of ether oxygens (including phenoxy) is 1.